The quantitative estimate of drug-likeness (QED) is 0.828. The van der Waals surface area contributed by atoms with E-state index in [0.717, 1.165) is 2.88 Å². The highest BCUT2D eigenvalue weighted by molar-refractivity contribution is 14.1. The van der Waals surface area contributed by atoms with Crippen molar-refractivity contribution in [2.24, 2.45) is 0 Å². The van der Waals surface area contributed by atoms with Gasteiger partial charge in [0.25, 0.3) is 5.91 Å². The summed E-state index contributed by atoms with van der Waals surface area (Å²) in [6, 6.07) is 1.72. The molecular formula is C9H10INO3S. The fourth-order valence-corrected chi connectivity index (χ4v) is 2.17. The fraction of sp³-hybridized carbons (Fsp3) is 0.333. The molecule has 0 radical (unpaired) electrons. The van der Waals surface area contributed by atoms with Crippen molar-refractivity contribution in [2.45, 2.75) is 19.4 Å². The van der Waals surface area contributed by atoms with Crippen LogP contribution in [-0.2, 0) is 4.79 Å². The smallest absolute Gasteiger partial charge is 0.328 e. The van der Waals surface area contributed by atoms with Crippen LogP contribution in [0.3, 0.4) is 0 Å². The molecule has 1 aromatic heterocycles. The number of carbonyl (C=O) groups is 2. The molecule has 0 aliphatic heterocycles. The standard InChI is InChI=1S/C9H10INO3S/c1-9(2,8(13)14)11-7(12)5-3-6(10)15-4-5/h3-4H,1-2H3,(H,11,12)(H,13,14). The monoisotopic (exact) mass is 339 g/mol. The van der Waals surface area contributed by atoms with Gasteiger partial charge in [-0.1, -0.05) is 0 Å². The average Bonchev–Trinajstić information content (AvgIpc) is 2.50. The normalized spacial score (nSPS) is 11.1. The third-order valence-corrected chi connectivity index (χ3v) is 3.58. The minimum atomic E-state index is -1.25. The van der Waals surface area contributed by atoms with Gasteiger partial charge >= 0.3 is 5.97 Å². The number of nitrogens with one attached hydrogen (secondary N) is 1. The van der Waals surface area contributed by atoms with E-state index in [1.54, 1.807) is 11.4 Å². The Balaban J connectivity index is 2.76. The van der Waals surface area contributed by atoms with Gasteiger partial charge in [-0.25, -0.2) is 4.79 Å². The molecule has 1 amide bonds. The van der Waals surface area contributed by atoms with Gasteiger partial charge in [-0.15, -0.1) is 11.3 Å². The van der Waals surface area contributed by atoms with Gasteiger partial charge in [0, 0.05) is 5.38 Å². The van der Waals surface area contributed by atoms with Crippen LogP contribution in [0.1, 0.15) is 24.2 Å². The summed E-state index contributed by atoms with van der Waals surface area (Å²) < 4.78 is 0.992. The highest BCUT2D eigenvalue weighted by Gasteiger charge is 2.29. The third kappa shape index (κ3) is 3.16. The Morgan fingerprint density at radius 3 is 2.53 bits per heavy atom. The lowest BCUT2D eigenvalue weighted by atomic mass is 10.1. The molecule has 0 spiro atoms. The van der Waals surface area contributed by atoms with Crippen LogP contribution in [0, 0.1) is 2.88 Å². The van der Waals surface area contributed by atoms with Gasteiger partial charge in [-0.2, -0.15) is 0 Å². The molecular weight excluding hydrogens is 329 g/mol. The molecule has 0 fully saturated rings. The van der Waals surface area contributed by atoms with Crippen LogP contribution in [0.25, 0.3) is 0 Å². The predicted octanol–water partition coefficient (Wildman–Crippen LogP) is 1.95. The molecule has 1 rings (SSSR count). The number of carboxylic acids is 1. The van der Waals surface area contributed by atoms with Gasteiger partial charge in [-0.05, 0) is 42.5 Å². The second kappa shape index (κ2) is 4.48. The van der Waals surface area contributed by atoms with Crippen LogP contribution in [0.4, 0.5) is 0 Å². The van der Waals surface area contributed by atoms with E-state index in [2.05, 4.69) is 27.9 Å². The van der Waals surface area contributed by atoms with Crippen molar-refractivity contribution >= 4 is 45.8 Å². The molecule has 0 aliphatic rings. The summed E-state index contributed by atoms with van der Waals surface area (Å²) in [7, 11) is 0. The van der Waals surface area contributed by atoms with Crippen molar-refractivity contribution < 1.29 is 14.7 Å². The van der Waals surface area contributed by atoms with E-state index in [1.807, 2.05) is 0 Å². The maximum atomic E-state index is 11.6. The van der Waals surface area contributed by atoms with Gasteiger partial charge in [0.15, 0.2) is 0 Å². The van der Waals surface area contributed by atoms with E-state index in [1.165, 1.54) is 25.2 Å². The number of carboxylic acid groups (broad SMARTS) is 1. The maximum Gasteiger partial charge on any atom is 0.328 e. The molecule has 15 heavy (non-hydrogen) atoms. The van der Waals surface area contributed by atoms with Gasteiger partial charge in [0.2, 0.25) is 0 Å². The third-order valence-electron chi connectivity index (χ3n) is 1.79. The zero-order valence-electron chi connectivity index (χ0n) is 8.20. The molecule has 0 aromatic carbocycles. The summed E-state index contributed by atoms with van der Waals surface area (Å²) >= 11 is 3.55. The molecule has 0 saturated heterocycles. The van der Waals surface area contributed by atoms with E-state index >= 15 is 0 Å². The first-order valence-corrected chi connectivity index (χ1v) is 6.09. The van der Waals surface area contributed by atoms with Gasteiger partial charge < -0.3 is 10.4 Å². The van der Waals surface area contributed by atoms with Gasteiger partial charge in [-0.3, -0.25) is 4.79 Å². The van der Waals surface area contributed by atoms with Crippen molar-refractivity contribution in [2.75, 3.05) is 0 Å². The Hall–Kier alpha value is -0.630. The molecule has 0 saturated carbocycles. The zero-order chi connectivity index (χ0) is 11.6. The predicted molar refractivity (Wildman–Crippen MR) is 66.2 cm³/mol. The summed E-state index contributed by atoms with van der Waals surface area (Å²) in [6.45, 7) is 2.90. The number of hydrogen-bond acceptors (Lipinski definition) is 3. The van der Waals surface area contributed by atoms with Crippen molar-refractivity contribution in [1.29, 1.82) is 0 Å². The molecule has 1 aromatic rings. The van der Waals surface area contributed by atoms with Gasteiger partial charge in [0.05, 0.1) is 8.45 Å². The Morgan fingerprint density at radius 1 is 1.53 bits per heavy atom. The lowest BCUT2D eigenvalue weighted by molar-refractivity contribution is -0.143. The highest BCUT2D eigenvalue weighted by Crippen LogP contribution is 2.17. The fourth-order valence-electron chi connectivity index (χ4n) is 0.839. The second-order valence-corrected chi connectivity index (χ2v) is 6.33. The van der Waals surface area contributed by atoms with Crippen LogP contribution >= 0.6 is 33.9 Å². The van der Waals surface area contributed by atoms with Crippen molar-refractivity contribution in [3.05, 3.63) is 19.9 Å². The molecule has 0 unspecified atom stereocenters. The number of aliphatic carboxylic acids is 1. The largest absolute Gasteiger partial charge is 0.480 e. The highest BCUT2D eigenvalue weighted by atomic mass is 127. The minimum Gasteiger partial charge on any atom is -0.480 e. The Kier molecular flexibility index (Phi) is 3.72. The first-order chi connectivity index (χ1) is 6.83. The summed E-state index contributed by atoms with van der Waals surface area (Å²) in [6.07, 6.45) is 0. The topological polar surface area (TPSA) is 66.4 Å². The molecule has 0 atom stereocenters. The lowest BCUT2D eigenvalue weighted by Crippen LogP contribution is -2.49. The van der Waals surface area contributed by atoms with E-state index < -0.39 is 11.5 Å². The van der Waals surface area contributed by atoms with E-state index in [-0.39, 0.29) is 5.91 Å². The summed E-state index contributed by atoms with van der Waals surface area (Å²) in [5.41, 5.74) is -0.747. The average molecular weight is 339 g/mol. The molecule has 6 heteroatoms. The van der Waals surface area contributed by atoms with Crippen molar-refractivity contribution in [1.82, 2.24) is 5.32 Å². The number of hydrogen-bond donors (Lipinski definition) is 2. The van der Waals surface area contributed by atoms with Gasteiger partial charge in [0.1, 0.15) is 5.54 Å². The first-order valence-electron chi connectivity index (χ1n) is 4.13. The van der Waals surface area contributed by atoms with E-state index in [9.17, 15) is 9.59 Å². The van der Waals surface area contributed by atoms with E-state index in [0.29, 0.717) is 5.56 Å². The first kappa shape index (κ1) is 12.4. The lowest BCUT2D eigenvalue weighted by Gasteiger charge is -2.20. The summed E-state index contributed by atoms with van der Waals surface area (Å²) in [5.74, 6) is -1.41. The SMILES string of the molecule is CC(C)(NC(=O)c1csc(I)c1)C(=O)O. The molecule has 2 N–H and O–H groups in total. The van der Waals surface area contributed by atoms with Crippen LogP contribution < -0.4 is 5.32 Å². The minimum absolute atomic E-state index is 0.360. The Labute approximate surface area is 105 Å². The second-order valence-electron chi connectivity index (χ2n) is 3.52. The van der Waals surface area contributed by atoms with E-state index in [4.69, 9.17) is 5.11 Å². The van der Waals surface area contributed by atoms with Crippen LogP contribution in [-0.4, -0.2) is 22.5 Å². The summed E-state index contributed by atoms with van der Waals surface area (Å²) in [4.78, 5) is 22.4. The molecule has 1 heterocycles. The van der Waals surface area contributed by atoms with Crippen LogP contribution in [0.5, 0.6) is 0 Å². The van der Waals surface area contributed by atoms with Crippen molar-refractivity contribution in [3.8, 4) is 0 Å². The molecule has 0 bridgehead atoms. The Bertz CT molecular complexity index is 400. The molecule has 4 nitrogen and oxygen atoms in total. The van der Waals surface area contributed by atoms with Crippen molar-refractivity contribution in [3.63, 3.8) is 0 Å². The number of carbonyl (C=O) groups excluding carboxylic acids is 1. The number of rotatable bonds is 3. The Morgan fingerprint density at radius 2 is 2.13 bits per heavy atom. The maximum absolute atomic E-state index is 11.6. The number of halogens is 1. The van der Waals surface area contributed by atoms with Crippen LogP contribution in [0.2, 0.25) is 0 Å². The van der Waals surface area contributed by atoms with Crippen LogP contribution in [0.15, 0.2) is 11.4 Å². The molecule has 82 valence electrons. The molecule has 0 aliphatic carbocycles. The number of amides is 1. The zero-order valence-corrected chi connectivity index (χ0v) is 11.2. The summed E-state index contributed by atoms with van der Waals surface area (Å²) in [5, 5.41) is 13.0. The number of thiophene rings is 1.